The van der Waals surface area contributed by atoms with Crippen molar-refractivity contribution in [2.24, 2.45) is 0 Å². The van der Waals surface area contributed by atoms with Gasteiger partial charge >= 0.3 is 0 Å². The zero-order valence-electron chi connectivity index (χ0n) is 18.6. The maximum Gasteiger partial charge on any atom is 0.271 e. The SMILES string of the molecule is Cc1ccc([N+](=O)[O-])cc1NC(=O)[C@@H](C)Sc1nnc(-c2cccnc2)n1Cc1ccccc1. The maximum atomic E-state index is 12.9. The molecule has 0 unspecified atom stereocenters. The monoisotopic (exact) mass is 474 g/mol. The van der Waals surface area contributed by atoms with Gasteiger partial charge in [0.25, 0.3) is 5.69 Å². The van der Waals surface area contributed by atoms with E-state index in [0.29, 0.717) is 23.2 Å². The zero-order valence-corrected chi connectivity index (χ0v) is 19.4. The van der Waals surface area contributed by atoms with Gasteiger partial charge in [0.15, 0.2) is 11.0 Å². The number of amides is 1. The first kappa shape index (κ1) is 23.1. The molecule has 1 amide bonds. The summed E-state index contributed by atoms with van der Waals surface area (Å²) in [7, 11) is 0. The van der Waals surface area contributed by atoms with Crippen molar-refractivity contribution < 1.29 is 9.72 Å². The van der Waals surface area contributed by atoms with Crippen molar-refractivity contribution in [1.82, 2.24) is 19.7 Å². The fourth-order valence-corrected chi connectivity index (χ4v) is 4.15. The highest BCUT2D eigenvalue weighted by Crippen LogP contribution is 2.29. The third-order valence-electron chi connectivity index (χ3n) is 5.16. The zero-order chi connectivity index (χ0) is 24.1. The molecule has 34 heavy (non-hydrogen) atoms. The van der Waals surface area contributed by atoms with Gasteiger partial charge in [0, 0.05) is 30.1 Å². The number of anilines is 1. The Balaban J connectivity index is 1.58. The van der Waals surface area contributed by atoms with Crippen molar-refractivity contribution in [2.75, 3.05) is 5.32 Å². The molecule has 0 saturated heterocycles. The van der Waals surface area contributed by atoms with Gasteiger partial charge in [0.2, 0.25) is 5.91 Å². The molecule has 2 aromatic heterocycles. The van der Waals surface area contributed by atoms with Gasteiger partial charge in [-0.3, -0.25) is 24.5 Å². The smallest absolute Gasteiger partial charge is 0.271 e. The molecule has 2 heterocycles. The quantitative estimate of drug-likeness (QED) is 0.223. The van der Waals surface area contributed by atoms with Gasteiger partial charge in [-0.25, -0.2) is 0 Å². The van der Waals surface area contributed by atoms with Crippen molar-refractivity contribution in [1.29, 1.82) is 0 Å². The first-order valence-corrected chi connectivity index (χ1v) is 11.4. The van der Waals surface area contributed by atoms with Crippen molar-refractivity contribution in [2.45, 2.75) is 30.8 Å². The molecule has 9 nitrogen and oxygen atoms in total. The third kappa shape index (κ3) is 5.29. The Morgan fingerprint density at radius 2 is 1.94 bits per heavy atom. The van der Waals surface area contributed by atoms with Gasteiger partial charge in [-0.1, -0.05) is 48.2 Å². The number of nitro benzene ring substituents is 1. The summed E-state index contributed by atoms with van der Waals surface area (Å²) in [6, 6.07) is 18.1. The molecule has 2 aromatic carbocycles. The lowest BCUT2D eigenvalue weighted by atomic mass is 10.2. The highest BCUT2D eigenvalue weighted by Gasteiger charge is 2.22. The molecule has 10 heteroatoms. The predicted octanol–water partition coefficient (Wildman–Crippen LogP) is 4.72. The number of thioether (sulfide) groups is 1. The molecule has 0 fully saturated rings. The second kappa shape index (κ2) is 10.3. The lowest BCUT2D eigenvalue weighted by molar-refractivity contribution is -0.384. The summed E-state index contributed by atoms with van der Waals surface area (Å²) in [5.74, 6) is 0.368. The van der Waals surface area contributed by atoms with Crippen molar-refractivity contribution in [3.63, 3.8) is 0 Å². The second-order valence-electron chi connectivity index (χ2n) is 7.63. The predicted molar refractivity (Wildman–Crippen MR) is 131 cm³/mol. The molecule has 1 N–H and O–H groups in total. The van der Waals surface area contributed by atoms with E-state index in [4.69, 9.17) is 0 Å². The fraction of sp³-hybridized carbons (Fsp3) is 0.167. The van der Waals surface area contributed by atoms with E-state index >= 15 is 0 Å². The minimum absolute atomic E-state index is 0.0788. The summed E-state index contributed by atoms with van der Waals surface area (Å²) < 4.78 is 1.96. The number of aromatic nitrogens is 4. The Kier molecular flexibility index (Phi) is 6.98. The average Bonchev–Trinajstić information content (AvgIpc) is 3.23. The van der Waals surface area contributed by atoms with Gasteiger partial charge < -0.3 is 5.32 Å². The first-order valence-electron chi connectivity index (χ1n) is 10.5. The van der Waals surface area contributed by atoms with Gasteiger partial charge in [-0.15, -0.1) is 10.2 Å². The second-order valence-corrected chi connectivity index (χ2v) is 8.93. The first-order chi connectivity index (χ1) is 16.4. The topological polar surface area (TPSA) is 116 Å². The number of hydrogen-bond acceptors (Lipinski definition) is 7. The molecule has 4 rings (SSSR count). The summed E-state index contributed by atoms with van der Waals surface area (Å²) in [6.07, 6.45) is 3.42. The maximum absolute atomic E-state index is 12.9. The van der Waals surface area contributed by atoms with Crippen LogP contribution in [0, 0.1) is 17.0 Å². The number of nitrogens with zero attached hydrogens (tertiary/aromatic N) is 5. The normalized spacial score (nSPS) is 11.7. The van der Waals surface area contributed by atoms with Crippen LogP contribution in [0.3, 0.4) is 0 Å². The number of benzene rings is 2. The van der Waals surface area contributed by atoms with Gasteiger partial charge in [-0.2, -0.15) is 0 Å². The molecule has 0 spiro atoms. The van der Waals surface area contributed by atoms with Crippen LogP contribution in [0.5, 0.6) is 0 Å². The van der Waals surface area contributed by atoms with Crippen LogP contribution in [-0.4, -0.2) is 35.8 Å². The van der Waals surface area contributed by atoms with Gasteiger partial charge in [0.1, 0.15) is 0 Å². The van der Waals surface area contributed by atoms with Crippen LogP contribution >= 0.6 is 11.8 Å². The highest BCUT2D eigenvalue weighted by molar-refractivity contribution is 8.00. The summed E-state index contributed by atoms with van der Waals surface area (Å²) in [5.41, 5.74) is 2.96. The summed E-state index contributed by atoms with van der Waals surface area (Å²) in [5, 5.41) is 22.7. The summed E-state index contributed by atoms with van der Waals surface area (Å²) >= 11 is 1.27. The molecule has 0 bridgehead atoms. The number of nitro groups is 1. The average molecular weight is 475 g/mol. The van der Waals surface area contributed by atoms with Gasteiger partial charge in [0.05, 0.1) is 22.4 Å². The number of nitrogens with one attached hydrogen (secondary N) is 1. The largest absolute Gasteiger partial charge is 0.325 e. The Morgan fingerprint density at radius 3 is 2.65 bits per heavy atom. The molecule has 0 aliphatic carbocycles. The Labute approximate surface area is 200 Å². The summed E-state index contributed by atoms with van der Waals surface area (Å²) in [4.78, 5) is 27.7. The van der Waals surface area contributed by atoms with Crippen LogP contribution < -0.4 is 5.32 Å². The molecule has 4 aromatic rings. The van der Waals surface area contributed by atoms with Crippen LogP contribution in [-0.2, 0) is 11.3 Å². The number of carbonyl (C=O) groups excluding carboxylic acids is 1. The number of carbonyl (C=O) groups is 1. The number of pyridine rings is 1. The summed E-state index contributed by atoms with van der Waals surface area (Å²) in [6.45, 7) is 4.07. The van der Waals surface area contributed by atoms with E-state index in [9.17, 15) is 14.9 Å². The van der Waals surface area contributed by atoms with E-state index in [0.717, 1.165) is 16.7 Å². The van der Waals surface area contributed by atoms with Gasteiger partial charge in [-0.05, 0) is 37.1 Å². The van der Waals surface area contributed by atoms with Crippen LogP contribution in [0.15, 0.2) is 78.2 Å². The van der Waals surface area contributed by atoms with E-state index in [-0.39, 0.29) is 11.6 Å². The van der Waals surface area contributed by atoms with E-state index in [1.807, 2.05) is 47.0 Å². The number of non-ortho nitro benzene ring substituents is 1. The van der Waals surface area contributed by atoms with Crippen molar-refractivity contribution in [3.05, 3.63) is 94.3 Å². The number of rotatable bonds is 8. The van der Waals surface area contributed by atoms with Crippen LogP contribution in [0.2, 0.25) is 0 Å². The molecule has 0 radical (unpaired) electrons. The molecule has 1 atom stereocenters. The standard InChI is InChI=1S/C24H22N6O3S/c1-16-10-11-20(30(32)33)13-21(16)26-23(31)17(2)34-24-28-27-22(19-9-6-12-25-14-19)29(24)15-18-7-4-3-5-8-18/h3-14,17H,15H2,1-2H3,(H,26,31)/t17-/m1/s1. The van der Waals surface area contributed by atoms with Crippen molar-refractivity contribution in [3.8, 4) is 11.4 Å². The Morgan fingerprint density at radius 1 is 1.15 bits per heavy atom. The lowest BCUT2D eigenvalue weighted by Gasteiger charge is -2.15. The molecular formula is C24H22N6O3S. The molecule has 172 valence electrons. The molecular weight excluding hydrogens is 452 g/mol. The number of aryl methyl sites for hydroxylation is 1. The Hall–Kier alpha value is -4.05. The molecule has 0 aliphatic rings. The van der Waals surface area contributed by atoms with Crippen LogP contribution in [0.1, 0.15) is 18.1 Å². The third-order valence-corrected chi connectivity index (χ3v) is 6.24. The van der Waals surface area contributed by atoms with E-state index in [2.05, 4.69) is 20.5 Å². The minimum atomic E-state index is -0.529. The fourth-order valence-electron chi connectivity index (χ4n) is 3.30. The van der Waals surface area contributed by atoms with Crippen LogP contribution in [0.25, 0.3) is 11.4 Å². The van der Waals surface area contributed by atoms with Crippen LogP contribution in [0.4, 0.5) is 11.4 Å². The Bertz CT molecular complexity index is 1310. The van der Waals surface area contributed by atoms with E-state index in [1.165, 1.54) is 23.9 Å². The number of hydrogen-bond donors (Lipinski definition) is 1. The lowest BCUT2D eigenvalue weighted by Crippen LogP contribution is -2.23. The van der Waals surface area contributed by atoms with E-state index < -0.39 is 10.2 Å². The van der Waals surface area contributed by atoms with E-state index in [1.54, 1.807) is 32.3 Å². The van der Waals surface area contributed by atoms with Crippen molar-refractivity contribution >= 4 is 29.0 Å². The highest BCUT2D eigenvalue weighted by atomic mass is 32.2. The molecule has 0 saturated carbocycles. The minimum Gasteiger partial charge on any atom is -0.325 e. The molecule has 0 aliphatic heterocycles.